The third-order valence-electron chi connectivity index (χ3n) is 4.06. The van der Waals surface area contributed by atoms with Gasteiger partial charge in [-0.15, -0.1) is 5.10 Å². The van der Waals surface area contributed by atoms with Gasteiger partial charge in [-0.25, -0.2) is 9.48 Å². The third kappa shape index (κ3) is 4.22. The van der Waals surface area contributed by atoms with Crippen LogP contribution < -0.4 is 0 Å². The van der Waals surface area contributed by atoms with Crippen molar-refractivity contribution in [2.24, 2.45) is 0 Å². The number of aryl methyl sites for hydroxylation is 1. The highest BCUT2D eigenvalue weighted by molar-refractivity contribution is 5.92. The van der Waals surface area contributed by atoms with Gasteiger partial charge in [-0.1, -0.05) is 35.5 Å². The number of amides is 1. The molecular weight excluding hydrogens is 348 g/mol. The smallest absolute Gasteiger partial charge is 0.341 e. The number of benzene rings is 1. The van der Waals surface area contributed by atoms with Crippen LogP contribution in [0.1, 0.15) is 37.9 Å². The monoisotopic (exact) mass is 368 g/mol. The van der Waals surface area contributed by atoms with Crippen molar-refractivity contribution in [1.82, 2.24) is 19.9 Å². The van der Waals surface area contributed by atoms with Crippen LogP contribution in [0.2, 0.25) is 0 Å². The molecular formula is C19H20N4O4. The molecule has 1 amide bonds. The Morgan fingerprint density at radius 3 is 2.70 bits per heavy atom. The first kappa shape index (κ1) is 18.4. The minimum absolute atomic E-state index is 0.197. The third-order valence-corrected chi connectivity index (χ3v) is 4.06. The van der Waals surface area contributed by atoms with Crippen LogP contribution in [0.3, 0.4) is 0 Å². The number of carbonyl (C=O) groups is 2. The summed E-state index contributed by atoms with van der Waals surface area (Å²) in [4.78, 5) is 25.7. The van der Waals surface area contributed by atoms with E-state index in [0.717, 1.165) is 5.56 Å². The minimum atomic E-state index is -0.472. The van der Waals surface area contributed by atoms with E-state index < -0.39 is 5.97 Å². The second-order valence-corrected chi connectivity index (χ2v) is 6.12. The topological polar surface area (TPSA) is 90.5 Å². The zero-order valence-corrected chi connectivity index (χ0v) is 15.4. The number of furan rings is 1. The molecule has 2 aromatic heterocycles. The molecule has 3 aromatic rings. The van der Waals surface area contributed by atoms with Crippen LogP contribution in [-0.2, 0) is 17.8 Å². The second-order valence-electron chi connectivity index (χ2n) is 6.12. The fourth-order valence-electron chi connectivity index (χ4n) is 2.68. The highest BCUT2D eigenvalue weighted by Crippen LogP contribution is 2.17. The van der Waals surface area contributed by atoms with Crippen LogP contribution in [0, 0.1) is 6.92 Å². The van der Waals surface area contributed by atoms with E-state index >= 15 is 0 Å². The average Bonchev–Trinajstić information content (AvgIpc) is 3.27. The fourth-order valence-corrected chi connectivity index (χ4v) is 2.68. The summed E-state index contributed by atoms with van der Waals surface area (Å²) in [6.45, 7) is 2.40. The molecule has 0 saturated heterocycles. The molecule has 0 fully saturated rings. The molecule has 0 saturated carbocycles. The molecule has 0 spiro atoms. The van der Waals surface area contributed by atoms with Crippen LogP contribution in [0.4, 0.5) is 0 Å². The lowest BCUT2D eigenvalue weighted by molar-refractivity contribution is 0.0598. The van der Waals surface area contributed by atoms with Gasteiger partial charge in [0.15, 0.2) is 5.69 Å². The van der Waals surface area contributed by atoms with Gasteiger partial charge in [0.1, 0.15) is 17.1 Å². The van der Waals surface area contributed by atoms with Crippen molar-refractivity contribution in [3.8, 4) is 0 Å². The molecule has 0 aliphatic rings. The van der Waals surface area contributed by atoms with E-state index in [4.69, 9.17) is 9.15 Å². The van der Waals surface area contributed by atoms with Crippen LogP contribution >= 0.6 is 0 Å². The Balaban J connectivity index is 1.66. The zero-order valence-electron chi connectivity index (χ0n) is 15.4. The summed E-state index contributed by atoms with van der Waals surface area (Å²) in [6.07, 6.45) is 1.61. The van der Waals surface area contributed by atoms with Crippen molar-refractivity contribution in [1.29, 1.82) is 0 Å². The maximum absolute atomic E-state index is 12.6. The summed E-state index contributed by atoms with van der Waals surface area (Å²) in [5.74, 6) is 0.176. The summed E-state index contributed by atoms with van der Waals surface area (Å²) in [7, 11) is 2.94. The Kier molecular flexibility index (Phi) is 5.35. The van der Waals surface area contributed by atoms with E-state index in [1.54, 1.807) is 30.9 Å². The summed E-state index contributed by atoms with van der Waals surface area (Å²) in [6, 6.07) is 11.4. The van der Waals surface area contributed by atoms with Gasteiger partial charge in [-0.3, -0.25) is 4.79 Å². The highest BCUT2D eigenvalue weighted by atomic mass is 16.5. The summed E-state index contributed by atoms with van der Waals surface area (Å²) in [5, 5.41) is 7.97. The van der Waals surface area contributed by atoms with E-state index in [9.17, 15) is 9.59 Å². The van der Waals surface area contributed by atoms with Gasteiger partial charge in [-0.2, -0.15) is 0 Å². The van der Waals surface area contributed by atoms with Crippen molar-refractivity contribution in [3.05, 3.63) is 70.9 Å². The van der Waals surface area contributed by atoms with Crippen LogP contribution in [-0.4, -0.2) is 45.9 Å². The number of hydrogen-bond donors (Lipinski definition) is 0. The van der Waals surface area contributed by atoms with Crippen molar-refractivity contribution in [2.75, 3.05) is 14.2 Å². The Morgan fingerprint density at radius 1 is 1.26 bits per heavy atom. The number of hydrogen-bond acceptors (Lipinski definition) is 6. The van der Waals surface area contributed by atoms with E-state index in [2.05, 4.69) is 10.3 Å². The Labute approximate surface area is 156 Å². The van der Waals surface area contributed by atoms with Gasteiger partial charge in [-0.05, 0) is 18.6 Å². The predicted molar refractivity (Wildman–Crippen MR) is 96.1 cm³/mol. The lowest BCUT2D eigenvalue weighted by Gasteiger charge is -2.13. The number of methoxy groups -OCH3 is 1. The van der Waals surface area contributed by atoms with Gasteiger partial charge in [0.25, 0.3) is 5.91 Å². The van der Waals surface area contributed by atoms with Crippen LogP contribution in [0.15, 0.2) is 47.0 Å². The molecule has 140 valence electrons. The van der Waals surface area contributed by atoms with Crippen molar-refractivity contribution in [3.63, 3.8) is 0 Å². The lowest BCUT2D eigenvalue weighted by atomic mass is 10.2. The Bertz CT molecular complexity index is 946. The predicted octanol–water partition coefficient (Wildman–Crippen LogP) is 2.29. The lowest BCUT2D eigenvalue weighted by Crippen LogP contribution is -2.26. The quantitative estimate of drug-likeness (QED) is 0.620. The first-order valence-electron chi connectivity index (χ1n) is 8.35. The largest absolute Gasteiger partial charge is 0.465 e. The molecule has 0 atom stereocenters. The van der Waals surface area contributed by atoms with Crippen LogP contribution in [0.25, 0.3) is 0 Å². The summed E-state index contributed by atoms with van der Waals surface area (Å²) < 4.78 is 11.9. The van der Waals surface area contributed by atoms with Gasteiger partial charge >= 0.3 is 5.97 Å². The maximum atomic E-state index is 12.6. The van der Waals surface area contributed by atoms with Gasteiger partial charge in [0.05, 0.1) is 26.4 Å². The van der Waals surface area contributed by atoms with Crippen molar-refractivity contribution < 1.29 is 18.7 Å². The molecule has 0 radical (unpaired) electrons. The normalized spacial score (nSPS) is 10.6. The fraction of sp³-hybridized carbons (Fsp3) is 0.263. The number of rotatable bonds is 6. The summed E-state index contributed by atoms with van der Waals surface area (Å²) >= 11 is 0. The maximum Gasteiger partial charge on any atom is 0.341 e. The van der Waals surface area contributed by atoms with Gasteiger partial charge in [0.2, 0.25) is 0 Å². The zero-order chi connectivity index (χ0) is 19.4. The molecule has 1 aromatic carbocycles. The molecule has 8 nitrogen and oxygen atoms in total. The highest BCUT2D eigenvalue weighted by Gasteiger charge is 2.20. The number of aromatic nitrogens is 3. The molecule has 8 heteroatoms. The Morgan fingerprint density at radius 2 is 2.00 bits per heavy atom. The molecule has 3 rings (SSSR count). The van der Waals surface area contributed by atoms with E-state index in [1.807, 2.05) is 30.3 Å². The molecule has 2 heterocycles. The molecule has 0 N–H and O–H groups in total. The molecule has 0 bridgehead atoms. The molecule has 0 aliphatic heterocycles. The second kappa shape index (κ2) is 7.86. The van der Waals surface area contributed by atoms with Crippen LogP contribution in [0.5, 0.6) is 0 Å². The number of ether oxygens (including phenoxy) is 1. The van der Waals surface area contributed by atoms with E-state index in [0.29, 0.717) is 23.6 Å². The van der Waals surface area contributed by atoms with Gasteiger partial charge < -0.3 is 14.1 Å². The average molecular weight is 368 g/mol. The minimum Gasteiger partial charge on any atom is -0.465 e. The number of nitrogens with zero attached hydrogens (tertiary/aromatic N) is 4. The first-order valence-corrected chi connectivity index (χ1v) is 8.35. The Hall–Kier alpha value is -3.42. The summed E-state index contributed by atoms with van der Waals surface area (Å²) in [5.41, 5.74) is 1.66. The van der Waals surface area contributed by atoms with Crippen molar-refractivity contribution in [2.45, 2.75) is 20.0 Å². The standard InChI is InChI=1S/C19H20N4O4/c1-13-16(19(25)26-3)9-15(27-13)11-22(2)18(24)17-12-23(21-20-17)10-14-7-5-4-6-8-14/h4-9,12H,10-11H2,1-3H3. The molecule has 0 aliphatic carbocycles. The van der Waals surface area contributed by atoms with Gasteiger partial charge in [0, 0.05) is 7.05 Å². The molecule has 27 heavy (non-hydrogen) atoms. The molecule has 0 unspecified atom stereocenters. The number of esters is 1. The SMILES string of the molecule is COC(=O)c1cc(CN(C)C(=O)c2cn(Cc3ccccc3)nn2)oc1C. The first-order chi connectivity index (χ1) is 13.0. The number of carbonyl (C=O) groups excluding carboxylic acids is 2. The van der Waals surface area contributed by atoms with Crippen molar-refractivity contribution >= 4 is 11.9 Å². The van der Waals surface area contributed by atoms with E-state index in [1.165, 1.54) is 12.0 Å². The van der Waals surface area contributed by atoms with E-state index in [-0.39, 0.29) is 18.1 Å².